The highest BCUT2D eigenvalue weighted by Crippen LogP contribution is 2.41. The van der Waals surface area contributed by atoms with Crippen LogP contribution in [-0.2, 0) is 4.79 Å². The molecule has 1 N–H and O–H groups in total. The first-order chi connectivity index (χ1) is 15.8. The number of aliphatic carboxylic acids is 1. The lowest BCUT2D eigenvalue weighted by Gasteiger charge is -2.25. The number of phenols is 1. The fraction of sp³-hybridized carbons (Fsp3) is 0.304. The van der Waals surface area contributed by atoms with E-state index in [-0.39, 0.29) is 22.3 Å². The number of carboxylic acids is 1. The highest BCUT2D eigenvalue weighted by molar-refractivity contribution is 6.05. The van der Waals surface area contributed by atoms with Crippen LogP contribution in [0.4, 0.5) is 22.0 Å². The maximum absolute atomic E-state index is 15.0. The molecule has 1 aromatic heterocycles. The fourth-order valence-electron chi connectivity index (χ4n) is 3.95. The molecule has 182 valence electrons. The van der Waals surface area contributed by atoms with Crippen molar-refractivity contribution in [1.82, 2.24) is 4.57 Å². The molecule has 0 fully saturated rings. The van der Waals surface area contributed by atoms with Gasteiger partial charge < -0.3 is 19.7 Å². The van der Waals surface area contributed by atoms with E-state index in [2.05, 4.69) is 4.74 Å². The molecule has 0 aliphatic rings. The third-order valence-electron chi connectivity index (χ3n) is 5.72. The molecule has 0 radical (unpaired) electrons. The first kappa shape index (κ1) is 25.0. The summed E-state index contributed by atoms with van der Waals surface area (Å²) in [6.45, 7) is 4.59. The number of carbonyl (C=O) groups excluding carboxylic acids is 2. The van der Waals surface area contributed by atoms with E-state index >= 15 is 4.39 Å². The Hall–Kier alpha value is -3.63. The van der Waals surface area contributed by atoms with Crippen molar-refractivity contribution in [1.29, 1.82) is 0 Å². The Morgan fingerprint density at radius 3 is 2.26 bits per heavy atom. The summed E-state index contributed by atoms with van der Waals surface area (Å²) in [6, 6.07) is 4.50. The largest absolute Gasteiger partial charge is 0.573 e. The van der Waals surface area contributed by atoms with Crippen molar-refractivity contribution in [3.8, 4) is 11.5 Å². The number of rotatable bonds is 6. The van der Waals surface area contributed by atoms with Gasteiger partial charge in [0.05, 0.1) is 5.52 Å². The summed E-state index contributed by atoms with van der Waals surface area (Å²) in [7, 11) is 0. The average Bonchev–Trinajstić information content (AvgIpc) is 3.02. The van der Waals surface area contributed by atoms with Gasteiger partial charge in [0.25, 0.3) is 5.91 Å². The Labute approximate surface area is 190 Å². The highest BCUT2D eigenvalue weighted by atomic mass is 19.4. The maximum Gasteiger partial charge on any atom is 0.573 e. The molecular formula is C23H19F5NO5-. The predicted molar refractivity (Wildman–Crippen MR) is 108 cm³/mol. The summed E-state index contributed by atoms with van der Waals surface area (Å²) in [6.07, 6.45) is -4.60. The zero-order valence-electron chi connectivity index (χ0n) is 18.2. The van der Waals surface area contributed by atoms with E-state index in [9.17, 15) is 37.4 Å². The standard InChI is InChI=1S/C23H20F5NO5/c1-4-10(2)16(22(32)33)17-11(3)29(15-9-14(24)20(30)19(25)18(15)17)21(31)12-5-7-13(8-6-12)34-23(26,27)28/h5-10,16,30H,4H2,1-3H3,(H,32,33)/p-1/t10?,16-/m1/s1. The Kier molecular flexibility index (Phi) is 6.59. The molecule has 0 saturated carbocycles. The van der Waals surface area contributed by atoms with Crippen LogP contribution in [-0.4, -0.2) is 27.9 Å². The summed E-state index contributed by atoms with van der Waals surface area (Å²) in [4.78, 5) is 25.2. The van der Waals surface area contributed by atoms with Crippen LogP contribution in [0.1, 0.15) is 47.8 Å². The van der Waals surface area contributed by atoms with Crippen molar-refractivity contribution in [2.45, 2.75) is 39.5 Å². The van der Waals surface area contributed by atoms with Crippen LogP contribution in [0.2, 0.25) is 0 Å². The van der Waals surface area contributed by atoms with Gasteiger partial charge in [0.15, 0.2) is 17.4 Å². The van der Waals surface area contributed by atoms with Gasteiger partial charge in [-0.1, -0.05) is 20.3 Å². The fourth-order valence-corrected chi connectivity index (χ4v) is 3.95. The first-order valence-electron chi connectivity index (χ1n) is 10.1. The summed E-state index contributed by atoms with van der Waals surface area (Å²) < 4.78 is 71.1. The Balaban J connectivity index is 2.27. The van der Waals surface area contributed by atoms with E-state index in [1.54, 1.807) is 13.8 Å². The van der Waals surface area contributed by atoms with Crippen molar-refractivity contribution >= 4 is 22.8 Å². The van der Waals surface area contributed by atoms with Crippen LogP contribution in [0, 0.1) is 24.5 Å². The van der Waals surface area contributed by atoms with Gasteiger partial charge in [0, 0.05) is 34.6 Å². The third kappa shape index (κ3) is 4.42. The number of halogens is 5. The van der Waals surface area contributed by atoms with Crippen LogP contribution in [0.3, 0.4) is 0 Å². The first-order valence-corrected chi connectivity index (χ1v) is 10.1. The highest BCUT2D eigenvalue weighted by Gasteiger charge is 2.33. The number of carbonyl (C=O) groups is 2. The van der Waals surface area contributed by atoms with E-state index in [1.807, 2.05) is 0 Å². The van der Waals surface area contributed by atoms with Gasteiger partial charge in [0.1, 0.15) is 5.75 Å². The molecule has 0 aliphatic heterocycles. The third-order valence-corrected chi connectivity index (χ3v) is 5.72. The lowest BCUT2D eigenvalue weighted by atomic mass is 9.84. The Morgan fingerprint density at radius 1 is 1.18 bits per heavy atom. The van der Waals surface area contributed by atoms with Gasteiger partial charge in [-0.3, -0.25) is 9.36 Å². The normalized spacial score (nSPS) is 13.6. The van der Waals surface area contributed by atoms with E-state index in [1.165, 1.54) is 6.92 Å². The summed E-state index contributed by atoms with van der Waals surface area (Å²) in [5, 5.41) is 21.3. The van der Waals surface area contributed by atoms with Crippen LogP contribution >= 0.6 is 0 Å². The molecule has 1 unspecified atom stereocenters. The van der Waals surface area contributed by atoms with Crippen LogP contribution in [0.15, 0.2) is 30.3 Å². The van der Waals surface area contributed by atoms with Crippen molar-refractivity contribution in [3.05, 3.63) is 58.8 Å². The number of hydrogen-bond acceptors (Lipinski definition) is 5. The summed E-state index contributed by atoms with van der Waals surface area (Å²) in [5.74, 6) is -9.18. The molecule has 3 aromatic rings. The molecule has 0 amide bonds. The summed E-state index contributed by atoms with van der Waals surface area (Å²) >= 11 is 0. The average molecular weight is 484 g/mol. The number of nitrogens with zero attached hydrogens (tertiary/aromatic N) is 1. The van der Waals surface area contributed by atoms with Crippen LogP contribution in [0.5, 0.6) is 11.5 Å². The van der Waals surface area contributed by atoms with Gasteiger partial charge in [-0.2, -0.15) is 0 Å². The minimum absolute atomic E-state index is 0.0472. The quantitative estimate of drug-likeness (QED) is 0.524. The predicted octanol–water partition coefficient (Wildman–Crippen LogP) is 4.40. The van der Waals surface area contributed by atoms with Gasteiger partial charge in [-0.25, -0.2) is 8.78 Å². The number of ether oxygens (including phenoxy) is 1. The number of fused-ring (bicyclic) bond motifs is 1. The number of benzene rings is 2. The molecule has 0 saturated heterocycles. The Bertz CT molecular complexity index is 1260. The number of hydrogen-bond donors (Lipinski definition) is 1. The van der Waals surface area contributed by atoms with Gasteiger partial charge in [-0.05, 0) is 42.7 Å². The number of alkyl halides is 3. The second-order valence-electron chi connectivity index (χ2n) is 7.81. The van der Waals surface area contributed by atoms with E-state index in [0.717, 1.165) is 28.8 Å². The Morgan fingerprint density at radius 2 is 1.76 bits per heavy atom. The molecule has 0 bridgehead atoms. The lowest BCUT2D eigenvalue weighted by Crippen LogP contribution is -2.34. The minimum Gasteiger partial charge on any atom is -0.549 e. The number of aromatic nitrogens is 1. The number of phenolic OH excluding ortho intramolecular Hbond substituents is 1. The molecular weight excluding hydrogens is 465 g/mol. The molecule has 6 nitrogen and oxygen atoms in total. The van der Waals surface area contributed by atoms with Crippen molar-refractivity contribution < 1.29 is 46.5 Å². The van der Waals surface area contributed by atoms with Gasteiger partial charge in [-0.15, -0.1) is 13.2 Å². The van der Waals surface area contributed by atoms with E-state index in [4.69, 9.17) is 0 Å². The SMILES string of the molecule is CCC(C)[C@@H](C(=O)[O-])c1c(C)n(C(=O)c2ccc(OC(F)(F)F)cc2)c2cc(F)c(O)c(F)c12. The minimum atomic E-state index is -4.94. The van der Waals surface area contributed by atoms with Crippen molar-refractivity contribution in [2.75, 3.05) is 0 Å². The molecule has 3 rings (SSSR count). The summed E-state index contributed by atoms with van der Waals surface area (Å²) in [5.41, 5.74) is -0.726. The van der Waals surface area contributed by atoms with Crippen molar-refractivity contribution in [3.63, 3.8) is 0 Å². The molecule has 2 aromatic carbocycles. The molecule has 34 heavy (non-hydrogen) atoms. The zero-order chi connectivity index (χ0) is 25.5. The van der Waals surface area contributed by atoms with Gasteiger partial charge >= 0.3 is 6.36 Å². The topological polar surface area (TPSA) is 91.6 Å². The zero-order valence-corrected chi connectivity index (χ0v) is 18.2. The molecule has 0 spiro atoms. The molecule has 1 heterocycles. The van der Waals surface area contributed by atoms with E-state index < -0.39 is 58.6 Å². The number of aromatic hydroxyl groups is 1. The lowest BCUT2D eigenvalue weighted by molar-refractivity contribution is -0.309. The second kappa shape index (κ2) is 8.96. The van der Waals surface area contributed by atoms with Gasteiger partial charge in [0.2, 0.25) is 0 Å². The van der Waals surface area contributed by atoms with Crippen molar-refractivity contribution in [2.24, 2.45) is 5.92 Å². The molecule has 11 heteroatoms. The number of carboxylic acid groups (broad SMARTS) is 1. The molecule has 2 atom stereocenters. The van der Waals surface area contributed by atoms with E-state index in [0.29, 0.717) is 12.5 Å². The van der Waals surface area contributed by atoms with Crippen LogP contribution < -0.4 is 9.84 Å². The maximum atomic E-state index is 15.0. The van der Waals surface area contributed by atoms with Crippen LogP contribution in [0.25, 0.3) is 10.9 Å². The molecule has 0 aliphatic carbocycles. The smallest absolute Gasteiger partial charge is 0.549 e. The monoisotopic (exact) mass is 484 g/mol. The second-order valence-corrected chi connectivity index (χ2v) is 7.81.